The number of hydrogen-bond acceptors (Lipinski definition) is 3. The SMILES string of the molecule is CCCCCCCCCCCCOc1ccc(-c2ccccc2-c2ccc(C(C)OC(=O)CCCCCCCC)cc2)cc1. The van der Waals surface area contributed by atoms with Gasteiger partial charge in [-0.25, -0.2) is 0 Å². The van der Waals surface area contributed by atoms with E-state index in [0.717, 1.165) is 42.7 Å². The monoisotopic (exact) mass is 598 g/mol. The Labute approximate surface area is 268 Å². The van der Waals surface area contributed by atoms with Crippen molar-refractivity contribution in [3.05, 3.63) is 78.4 Å². The summed E-state index contributed by atoms with van der Waals surface area (Å²) < 4.78 is 11.8. The van der Waals surface area contributed by atoms with Gasteiger partial charge < -0.3 is 9.47 Å². The van der Waals surface area contributed by atoms with Crippen molar-refractivity contribution in [1.29, 1.82) is 0 Å². The molecule has 44 heavy (non-hydrogen) atoms. The van der Waals surface area contributed by atoms with Gasteiger partial charge in [-0.05, 0) is 59.7 Å². The predicted octanol–water partition coefficient (Wildman–Crippen LogP) is 12.7. The van der Waals surface area contributed by atoms with E-state index in [1.165, 1.54) is 100 Å². The van der Waals surface area contributed by atoms with Crippen LogP contribution in [-0.4, -0.2) is 12.6 Å². The van der Waals surface area contributed by atoms with Crippen LogP contribution in [0.15, 0.2) is 72.8 Å². The number of hydrogen-bond donors (Lipinski definition) is 0. The highest BCUT2D eigenvalue weighted by atomic mass is 16.5. The molecule has 0 radical (unpaired) electrons. The van der Waals surface area contributed by atoms with Crippen molar-refractivity contribution in [2.45, 2.75) is 136 Å². The fourth-order valence-corrected chi connectivity index (χ4v) is 5.80. The minimum atomic E-state index is -0.250. The molecule has 3 heteroatoms. The molecule has 3 nitrogen and oxygen atoms in total. The Bertz CT molecular complexity index is 1170. The number of unbranched alkanes of at least 4 members (excludes halogenated alkanes) is 14. The van der Waals surface area contributed by atoms with Gasteiger partial charge >= 0.3 is 5.97 Å². The molecule has 3 rings (SSSR count). The summed E-state index contributed by atoms with van der Waals surface area (Å²) in [5.74, 6) is 0.838. The summed E-state index contributed by atoms with van der Waals surface area (Å²) in [5, 5.41) is 0. The van der Waals surface area contributed by atoms with Gasteiger partial charge in [0.15, 0.2) is 0 Å². The van der Waals surface area contributed by atoms with E-state index in [2.05, 4.69) is 86.6 Å². The molecular weight excluding hydrogens is 540 g/mol. The lowest BCUT2D eigenvalue weighted by Crippen LogP contribution is -2.08. The van der Waals surface area contributed by atoms with Crippen molar-refractivity contribution in [2.75, 3.05) is 6.61 Å². The van der Waals surface area contributed by atoms with Crippen molar-refractivity contribution in [2.24, 2.45) is 0 Å². The summed E-state index contributed by atoms with van der Waals surface area (Å²) in [7, 11) is 0. The first kappa shape index (κ1) is 35.4. The van der Waals surface area contributed by atoms with Crippen LogP contribution in [0.25, 0.3) is 22.3 Å². The number of esters is 1. The largest absolute Gasteiger partial charge is 0.494 e. The molecule has 0 N–H and O–H groups in total. The van der Waals surface area contributed by atoms with Crippen LogP contribution in [0.2, 0.25) is 0 Å². The van der Waals surface area contributed by atoms with Crippen LogP contribution in [-0.2, 0) is 9.53 Å². The molecule has 3 aromatic carbocycles. The molecule has 0 saturated carbocycles. The van der Waals surface area contributed by atoms with Gasteiger partial charge in [0.2, 0.25) is 0 Å². The van der Waals surface area contributed by atoms with Crippen molar-refractivity contribution in [1.82, 2.24) is 0 Å². The maximum Gasteiger partial charge on any atom is 0.306 e. The van der Waals surface area contributed by atoms with E-state index >= 15 is 0 Å². The Kier molecular flexibility index (Phi) is 17.4. The van der Waals surface area contributed by atoms with E-state index < -0.39 is 0 Å². The minimum Gasteiger partial charge on any atom is -0.494 e. The third-order valence-electron chi connectivity index (χ3n) is 8.59. The first-order chi connectivity index (χ1) is 21.6. The average Bonchev–Trinajstić information content (AvgIpc) is 3.05. The number of ether oxygens (including phenoxy) is 2. The minimum absolute atomic E-state index is 0.0988. The van der Waals surface area contributed by atoms with Crippen LogP contribution in [0, 0.1) is 0 Å². The fourth-order valence-electron chi connectivity index (χ4n) is 5.80. The second kappa shape index (κ2) is 21.6. The average molecular weight is 599 g/mol. The third kappa shape index (κ3) is 13.3. The van der Waals surface area contributed by atoms with Crippen LogP contribution in [0.4, 0.5) is 0 Å². The molecule has 0 spiro atoms. The van der Waals surface area contributed by atoms with E-state index in [9.17, 15) is 4.79 Å². The third-order valence-corrected chi connectivity index (χ3v) is 8.59. The lowest BCUT2D eigenvalue weighted by atomic mass is 9.93. The Balaban J connectivity index is 1.44. The molecule has 0 saturated heterocycles. The Morgan fingerprint density at radius 1 is 0.568 bits per heavy atom. The standard InChI is InChI=1S/C41H58O3/c1-4-6-8-10-12-13-14-15-17-21-33-43-38-31-29-37(30-32-38)40-23-20-19-22-39(40)36-27-25-35(26-28-36)34(3)44-41(42)24-18-16-11-9-7-5-2/h19-20,22-23,25-32,34H,4-18,21,24,33H2,1-3H3. The summed E-state index contributed by atoms with van der Waals surface area (Å²) >= 11 is 0. The highest BCUT2D eigenvalue weighted by Crippen LogP contribution is 2.34. The molecule has 0 aromatic heterocycles. The molecule has 1 atom stereocenters. The van der Waals surface area contributed by atoms with Gasteiger partial charge in [0.1, 0.15) is 11.9 Å². The summed E-state index contributed by atoms with van der Waals surface area (Å²) in [5.41, 5.74) is 5.72. The molecule has 0 aliphatic carbocycles. The zero-order valence-corrected chi connectivity index (χ0v) is 28.0. The number of rotatable bonds is 23. The van der Waals surface area contributed by atoms with E-state index in [-0.39, 0.29) is 12.1 Å². The summed E-state index contributed by atoms with van der Waals surface area (Å²) in [6, 6.07) is 25.5. The Hall–Kier alpha value is -3.07. The predicted molar refractivity (Wildman–Crippen MR) is 187 cm³/mol. The molecule has 0 bridgehead atoms. The van der Waals surface area contributed by atoms with E-state index in [1.807, 2.05) is 6.92 Å². The molecule has 0 heterocycles. The second-order valence-corrected chi connectivity index (χ2v) is 12.4. The quantitative estimate of drug-likeness (QED) is 0.0804. The zero-order valence-electron chi connectivity index (χ0n) is 28.0. The second-order valence-electron chi connectivity index (χ2n) is 12.4. The van der Waals surface area contributed by atoms with E-state index in [4.69, 9.17) is 9.47 Å². The summed E-state index contributed by atoms with van der Waals surface area (Å²) in [6.07, 6.45) is 20.6. The topological polar surface area (TPSA) is 35.5 Å². The Morgan fingerprint density at radius 2 is 1.02 bits per heavy atom. The normalized spacial score (nSPS) is 11.8. The molecular formula is C41H58O3. The van der Waals surface area contributed by atoms with Crippen LogP contribution in [0.3, 0.4) is 0 Å². The summed E-state index contributed by atoms with van der Waals surface area (Å²) in [4.78, 5) is 12.4. The van der Waals surface area contributed by atoms with Gasteiger partial charge in [0.05, 0.1) is 6.61 Å². The van der Waals surface area contributed by atoms with Crippen molar-refractivity contribution >= 4 is 5.97 Å². The van der Waals surface area contributed by atoms with Gasteiger partial charge in [-0.15, -0.1) is 0 Å². The first-order valence-corrected chi connectivity index (χ1v) is 17.7. The van der Waals surface area contributed by atoms with Crippen molar-refractivity contribution in [3.8, 4) is 28.0 Å². The van der Waals surface area contributed by atoms with Crippen molar-refractivity contribution < 1.29 is 14.3 Å². The smallest absolute Gasteiger partial charge is 0.306 e. The van der Waals surface area contributed by atoms with Crippen LogP contribution in [0.5, 0.6) is 5.75 Å². The maximum atomic E-state index is 12.4. The van der Waals surface area contributed by atoms with Crippen LogP contribution >= 0.6 is 0 Å². The van der Waals surface area contributed by atoms with Gasteiger partial charge in [-0.2, -0.15) is 0 Å². The molecule has 3 aromatic rings. The van der Waals surface area contributed by atoms with Gasteiger partial charge in [0.25, 0.3) is 0 Å². The lowest BCUT2D eigenvalue weighted by molar-refractivity contribution is -0.148. The number of carbonyl (C=O) groups is 1. The highest BCUT2D eigenvalue weighted by molar-refractivity contribution is 5.83. The molecule has 0 amide bonds. The van der Waals surface area contributed by atoms with Gasteiger partial charge in [0, 0.05) is 6.42 Å². The first-order valence-electron chi connectivity index (χ1n) is 17.7. The summed E-state index contributed by atoms with van der Waals surface area (Å²) in [6.45, 7) is 7.24. The van der Waals surface area contributed by atoms with E-state index in [1.54, 1.807) is 0 Å². The van der Waals surface area contributed by atoms with E-state index in [0.29, 0.717) is 6.42 Å². The fraction of sp³-hybridized carbons (Fsp3) is 0.537. The van der Waals surface area contributed by atoms with Crippen LogP contribution < -0.4 is 4.74 Å². The van der Waals surface area contributed by atoms with Crippen LogP contribution in [0.1, 0.15) is 142 Å². The molecule has 240 valence electrons. The zero-order chi connectivity index (χ0) is 31.2. The lowest BCUT2D eigenvalue weighted by Gasteiger charge is -2.15. The molecule has 0 fully saturated rings. The Morgan fingerprint density at radius 3 is 1.55 bits per heavy atom. The van der Waals surface area contributed by atoms with Gasteiger partial charge in [-0.1, -0.05) is 164 Å². The molecule has 1 unspecified atom stereocenters. The number of benzene rings is 3. The maximum absolute atomic E-state index is 12.4. The molecule has 0 aliphatic heterocycles. The van der Waals surface area contributed by atoms with Gasteiger partial charge in [-0.3, -0.25) is 4.79 Å². The highest BCUT2D eigenvalue weighted by Gasteiger charge is 2.13. The van der Waals surface area contributed by atoms with Crippen molar-refractivity contribution in [3.63, 3.8) is 0 Å². The number of carbonyl (C=O) groups excluding carboxylic acids is 1. The molecule has 0 aliphatic rings.